The molecule has 3 aliphatic rings. The van der Waals surface area contributed by atoms with Gasteiger partial charge in [-0.1, -0.05) is 329 Å². The molecule has 3 aliphatic carbocycles. The van der Waals surface area contributed by atoms with E-state index in [0.717, 1.165) is 125 Å². The van der Waals surface area contributed by atoms with Crippen LogP contribution in [-0.2, 0) is 73.2 Å². The van der Waals surface area contributed by atoms with E-state index in [-0.39, 0.29) is 95.9 Å². The Morgan fingerprint density at radius 2 is 0.803 bits per heavy atom. The van der Waals surface area contributed by atoms with Gasteiger partial charge in [0.1, 0.15) is 0 Å². The van der Waals surface area contributed by atoms with Gasteiger partial charge in [0.2, 0.25) is 0 Å². The van der Waals surface area contributed by atoms with Crippen LogP contribution in [0, 0.1) is 67.9 Å². The summed E-state index contributed by atoms with van der Waals surface area (Å²) in [6.07, 6.45) is 28.4. The molecule has 0 aliphatic heterocycles. The molecule has 0 saturated heterocycles. The summed E-state index contributed by atoms with van der Waals surface area (Å²) in [6.45, 7) is 23.2. The summed E-state index contributed by atoms with van der Waals surface area (Å²) in [7, 11) is -4.59. The Morgan fingerprint density at radius 1 is 0.358 bits per heavy atom. The first-order chi connectivity index (χ1) is 69.6. The van der Waals surface area contributed by atoms with E-state index in [1.807, 2.05) is 159 Å². The van der Waals surface area contributed by atoms with Crippen LogP contribution in [0.5, 0.6) is 0 Å². The van der Waals surface area contributed by atoms with E-state index < -0.39 is 37.1 Å². The largest absolute Gasteiger partial charge is 0.305 e. The minimum Gasteiger partial charge on any atom is -0.305 e. The summed E-state index contributed by atoms with van der Waals surface area (Å²) in [6, 6.07) is 110. The van der Waals surface area contributed by atoms with Crippen LogP contribution in [0.3, 0.4) is 0 Å². The first-order valence-corrected chi connectivity index (χ1v) is 58.0. The van der Waals surface area contributed by atoms with Crippen LogP contribution in [0.2, 0.25) is 58.9 Å². The van der Waals surface area contributed by atoms with E-state index in [4.69, 9.17) is 25.0 Å². The molecule has 1 unspecified atom stereocenters. The van der Waals surface area contributed by atoms with Gasteiger partial charge in [0, 0.05) is 103 Å². The number of benzene rings is 11. The van der Waals surface area contributed by atoms with Crippen LogP contribution in [0.4, 0.5) is 0 Å². The van der Waals surface area contributed by atoms with Crippen LogP contribution in [0.15, 0.2) is 352 Å². The molecule has 703 valence electrons. The minimum absolute atomic E-state index is 0. The fourth-order valence-corrected chi connectivity index (χ4v) is 23.0. The van der Waals surface area contributed by atoms with Crippen LogP contribution >= 0.6 is 0 Å². The van der Waals surface area contributed by atoms with Gasteiger partial charge in [-0.25, -0.2) is 0 Å². The molecule has 3 fully saturated rings. The van der Waals surface area contributed by atoms with Crippen molar-refractivity contribution in [2.24, 2.45) is 17.7 Å². The second kappa shape index (κ2) is 51.2. The second-order valence-corrected chi connectivity index (χ2v) is 53.5. The minimum atomic E-state index is -2.17. The Balaban J connectivity index is 0.000000157. The monoisotopic (exact) mass is 2390 g/mol. The van der Waals surface area contributed by atoms with Crippen molar-refractivity contribution in [2.45, 2.75) is 182 Å². The van der Waals surface area contributed by atoms with Gasteiger partial charge in [-0.15, -0.1) is 215 Å². The van der Waals surface area contributed by atoms with Gasteiger partial charge in [0.15, 0.2) is 0 Å². The van der Waals surface area contributed by atoms with E-state index in [2.05, 4.69) is 238 Å². The van der Waals surface area contributed by atoms with Crippen molar-refractivity contribution in [1.29, 1.82) is 0 Å². The molecule has 0 bridgehead atoms. The van der Waals surface area contributed by atoms with E-state index in [1.165, 1.54) is 110 Å². The van der Waals surface area contributed by atoms with Crippen LogP contribution in [0.1, 0.15) is 139 Å². The third-order valence-corrected chi connectivity index (χ3v) is 31.5. The summed E-state index contributed by atoms with van der Waals surface area (Å²) in [5.74, 6) is 1.55. The molecule has 6 aromatic heterocycles. The summed E-state index contributed by atoms with van der Waals surface area (Å²) in [5, 5.41) is 6.54. The molecule has 137 heavy (non-hydrogen) atoms. The van der Waals surface area contributed by atoms with E-state index in [1.54, 1.807) is 47.3 Å². The number of hydrogen-bond donors (Lipinski definition) is 0. The van der Waals surface area contributed by atoms with Crippen molar-refractivity contribution < 1.29 is 75.4 Å². The molecule has 11 aromatic carbocycles. The predicted octanol–water partition coefficient (Wildman–Crippen LogP) is 31.5. The maximum absolute atomic E-state index is 8.95. The second-order valence-electron chi connectivity index (χ2n) is 38.4. The van der Waals surface area contributed by atoms with Crippen molar-refractivity contribution in [3.05, 3.63) is 417 Å². The third kappa shape index (κ3) is 29.2. The van der Waals surface area contributed by atoms with Gasteiger partial charge in [-0.2, -0.15) is 0 Å². The van der Waals surface area contributed by atoms with Crippen LogP contribution in [-0.4, -0.2) is 54.1 Å². The van der Waals surface area contributed by atoms with E-state index in [9.17, 15) is 0 Å². The number of rotatable bonds is 19. The van der Waals surface area contributed by atoms with E-state index >= 15 is 0 Å². The van der Waals surface area contributed by atoms with Gasteiger partial charge in [-0.3, -0.25) is 0 Å². The number of aromatic nitrogens is 6. The summed E-state index contributed by atoms with van der Waals surface area (Å²) < 4.78 is 89.1. The number of fused-ring (bicyclic) bond motifs is 1. The molecule has 3 radical (unpaired) electrons. The van der Waals surface area contributed by atoms with Crippen molar-refractivity contribution in [3.63, 3.8) is 0 Å². The summed E-state index contributed by atoms with van der Waals surface area (Å²) in [4.78, 5) is 27.6. The Bertz CT molecular complexity index is 7160. The average molecular weight is 2390 g/mol. The zero-order valence-electron chi connectivity index (χ0n) is 91.5. The summed E-state index contributed by atoms with van der Waals surface area (Å²) in [5.41, 5.74) is 22.9. The normalized spacial score (nSPS) is 14.8. The maximum atomic E-state index is 8.95. The number of pyridine rings is 6. The van der Waals surface area contributed by atoms with Crippen molar-refractivity contribution in [2.75, 3.05) is 0 Å². The predicted molar refractivity (Wildman–Crippen MR) is 575 cm³/mol. The van der Waals surface area contributed by atoms with Crippen molar-refractivity contribution in [3.8, 4) is 112 Å². The maximum Gasteiger partial charge on any atom is 0.0828 e. The molecule has 0 amide bonds. The summed E-state index contributed by atoms with van der Waals surface area (Å²) >= 11 is 0. The van der Waals surface area contributed by atoms with Gasteiger partial charge >= 0.3 is 0 Å². The zero-order valence-corrected chi connectivity index (χ0v) is 90.7. The Labute approximate surface area is 877 Å². The first kappa shape index (κ1) is 90.0. The Hall–Kier alpha value is -10.8. The van der Waals surface area contributed by atoms with Gasteiger partial charge < -0.3 is 29.9 Å². The molecule has 6 nitrogen and oxygen atoms in total. The molecule has 3 saturated carbocycles. The van der Waals surface area contributed by atoms with Crippen molar-refractivity contribution in [1.82, 2.24) is 29.9 Å². The SMILES string of the molecule is C[Si](C)(C)c1cnc(-c2[c-]cccc2)cc1CC1CCCC1.[2H]C([2H])([2H])c1cccc(C)c1-c1ccc(-c2[c-]ccc(-c3ccccc3)c2)nc1.[2H]C1(Cc2cc(-c3[c-]cccc3)ncc2[Si](C)(C)C)CCCCC1.[2H]c1c([2H])c([2H])c(-c2ccc(-c3[c-]cccc3)nc2)c([2H])c1[2H].[2H]c1nc(-c2[c-]cccc2)c([2H])c(C(C)C2CCCC2)c1[Si](C)(C)C.[Ir].[Ir].[Ir].[c-]1ccccc1-c1ccc(-c2cccc3ccccc23)cn1. The standard InChI is InChI=1S/C25H20N.2C21H28NSi.C21H14N.C20H26NSi.C17H12N.3Ir/c1-18-8-6-9-19(2)25(18)23-14-15-24(26-17-23)22-13-7-12-21(16-22)20-10-4-3-5-11-20;1-16(17-10-8-9-11-17)19-14-20(18-12-6-5-7-13-18)22-15-21(19)23(2,3)4;1-23(2,3)21-16-22-20(18-12-8-5-9-13-18)15-19(21)14-17-10-6-4-7-11-17;1-2-8-17(9-3-1)21-14-13-18(15-22-21)20-12-6-10-16-7-4-5-11-19(16)20;1-22(2,3)20-15-21-19(17-11-5-4-6-12-17)14-18(20)13-16-9-7-8-10-16;1-3-7-14(8-4-1)16-11-12-17(18-13-16)15-9-5-2-6-10-15;;;/h3-12,14-17H,1-2H3;5-7,12,14-17H,8-11H2,1-4H3;5,8-9,12,15-17H,4,6-7,10-11,14H2,1-3H3;1-8,10-15H;4-6,11,14-16H,7-10,13H2,1-3H3;1-9,11-13H;;;/q6*-1;;;/i1D3;14D,15D;17D;;;1D,3D,4D,7D,8D;;;. The van der Waals surface area contributed by atoms with Gasteiger partial charge in [0.25, 0.3) is 0 Å². The molecule has 0 spiro atoms. The Morgan fingerprint density at radius 3 is 1.32 bits per heavy atom. The molecular formula is C125H128Ir3N6Si3-6. The molecule has 0 N–H and O–H groups in total. The molecular weight excluding hydrogens is 2250 g/mol. The smallest absolute Gasteiger partial charge is 0.0828 e. The zero-order chi connectivity index (χ0) is 103. The molecule has 17 aromatic rings. The van der Waals surface area contributed by atoms with Gasteiger partial charge in [-0.05, 0) is 174 Å². The number of aryl methyl sites for hydroxylation is 2. The number of nitrogens with zero attached hydrogens (tertiary/aromatic N) is 6. The third-order valence-electron chi connectivity index (χ3n) is 25.5. The molecule has 20 rings (SSSR count). The molecule has 1 atom stereocenters. The fourth-order valence-electron chi connectivity index (χ4n) is 18.3. The Kier molecular flexibility index (Phi) is 33.6. The first-order valence-electron chi connectivity index (χ1n) is 53.0. The average Bonchev–Trinajstić information content (AvgIpc) is 0.926. The fraction of sp³-hybridized carbons (Fsp3) is 0.248. The molecule has 12 heteroatoms. The van der Waals surface area contributed by atoms with Crippen LogP contribution < -0.4 is 15.6 Å². The van der Waals surface area contributed by atoms with Gasteiger partial charge in [0.05, 0.1) is 33.8 Å². The van der Waals surface area contributed by atoms with Crippen molar-refractivity contribution >= 4 is 50.6 Å². The molecule has 6 heterocycles. The number of hydrogen-bond acceptors (Lipinski definition) is 6. The quantitative estimate of drug-likeness (QED) is 0.0593. The van der Waals surface area contributed by atoms with Crippen LogP contribution in [0.25, 0.3) is 123 Å². The topological polar surface area (TPSA) is 77.3 Å². The van der Waals surface area contributed by atoms with E-state index in [0.29, 0.717) is 46.6 Å².